The molecule has 3 rings (SSSR count). The first-order valence-electron chi connectivity index (χ1n) is 7.52. The van der Waals surface area contributed by atoms with E-state index in [1.165, 1.54) is 25.3 Å². The first-order valence-corrected chi connectivity index (χ1v) is 9.38. The van der Waals surface area contributed by atoms with Crippen LogP contribution in [0, 0.1) is 0 Å². The molecular formula is C19H16ClNO3S. The number of rotatable bonds is 5. The van der Waals surface area contributed by atoms with Gasteiger partial charge in [0.25, 0.3) is 10.0 Å². The zero-order chi connectivity index (χ0) is 17.9. The minimum absolute atomic E-state index is 0.0299. The topological polar surface area (TPSA) is 55.4 Å². The van der Waals surface area contributed by atoms with Gasteiger partial charge in [-0.15, -0.1) is 0 Å². The van der Waals surface area contributed by atoms with Crippen molar-refractivity contribution in [2.45, 2.75) is 4.90 Å². The third-order valence-electron chi connectivity index (χ3n) is 3.67. The highest BCUT2D eigenvalue weighted by Crippen LogP contribution is 2.32. The van der Waals surface area contributed by atoms with Gasteiger partial charge in [0.15, 0.2) is 0 Å². The molecule has 0 aliphatic heterocycles. The van der Waals surface area contributed by atoms with E-state index in [-0.39, 0.29) is 10.6 Å². The number of para-hydroxylation sites is 1. The summed E-state index contributed by atoms with van der Waals surface area (Å²) < 4.78 is 33.5. The Balaban J connectivity index is 2.03. The Morgan fingerprint density at radius 2 is 1.60 bits per heavy atom. The van der Waals surface area contributed by atoms with E-state index in [4.69, 9.17) is 16.3 Å². The van der Waals surface area contributed by atoms with Gasteiger partial charge in [-0.25, -0.2) is 8.42 Å². The number of hydrogen-bond acceptors (Lipinski definition) is 3. The zero-order valence-corrected chi connectivity index (χ0v) is 15.0. The van der Waals surface area contributed by atoms with Crippen molar-refractivity contribution in [2.24, 2.45) is 0 Å². The van der Waals surface area contributed by atoms with Crippen LogP contribution < -0.4 is 9.46 Å². The maximum Gasteiger partial charge on any atom is 0.265 e. The lowest BCUT2D eigenvalue weighted by atomic mass is 10.0. The summed E-state index contributed by atoms with van der Waals surface area (Å²) in [6.45, 7) is 0. The molecule has 3 aromatic carbocycles. The molecular weight excluding hydrogens is 358 g/mol. The van der Waals surface area contributed by atoms with E-state index in [9.17, 15) is 8.42 Å². The van der Waals surface area contributed by atoms with Gasteiger partial charge in [-0.2, -0.15) is 0 Å². The second-order valence-corrected chi connectivity index (χ2v) is 7.40. The first kappa shape index (κ1) is 17.3. The van der Waals surface area contributed by atoms with Crippen LogP contribution in [0.5, 0.6) is 5.75 Å². The molecule has 0 aromatic heterocycles. The number of sulfonamides is 1. The van der Waals surface area contributed by atoms with E-state index in [0.717, 1.165) is 11.1 Å². The number of anilines is 1. The molecule has 128 valence electrons. The predicted octanol–water partition coefficient (Wildman–Crippen LogP) is 4.82. The summed E-state index contributed by atoms with van der Waals surface area (Å²) in [6, 6.07) is 21.2. The van der Waals surface area contributed by atoms with Gasteiger partial charge < -0.3 is 4.74 Å². The fourth-order valence-corrected chi connectivity index (χ4v) is 3.90. The van der Waals surface area contributed by atoms with Crippen molar-refractivity contribution in [1.82, 2.24) is 0 Å². The SMILES string of the molecule is COc1cc(Cl)ccc1S(=O)(=O)Nc1ccccc1-c1ccccc1. The molecule has 0 amide bonds. The molecule has 3 aromatic rings. The summed E-state index contributed by atoms with van der Waals surface area (Å²) in [5, 5.41) is 0.403. The molecule has 0 saturated heterocycles. The van der Waals surface area contributed by atoms with Gasteiger partial charge in [-0.05, 0) is 23.8 Å². The minimum Gasteiger partial charge on any atom is -0.495 e. The Morgan fingerprint density at radius 1 is 0.920 bits per heavy atom. The number of methoxy groups -OCH3 is 1. The van der Waals surface area contributed by atoms with Gasteiger partial charge in [0.2, 0.25) is 0 Å². The average Bonchev–Trinajstić information content (AvgIpc) is 2.62. The van der Waals surface area contributed by atoms with Crippen molar-refractivity contribution in [2.75, 3.05) is 11.8 Å². The van der Waals surface area contributed by atoms with Gasteiger partial charge in [0.05, 0.1) is 12.8 Å². The highest BCUT2D eigenvalue weighted by atomic mass is 35.5. The van der Waals surface area contributed by atoms with Crippen LogP contribution in [-0.4, -0.2) is 15.5 Å². The van der Waals surface area contributed by atoms with Gasteiger partial charge in [-0.1, -0.05) is 60.1 Å². The third-order valence-corrected chi connectivity index (χ3v) is 5.31. The van der Waals surface area contributed by atoms with Crippen LogP contribution in [0.3, 0.4) is 0 Å². The van der Waals surface area contributed by atoms with Gasteiger partial charge in [0.1, 0.15) is 10.6 Å². The highest BCUT2D eigenvalue weighted by Gasteiger charge is 2.21. The van der Waals surface area contributed by atoms with Gasteiger partial charge in [0, 0.05) is 16.7 Å². The van der Waals surface area contributed by atoms with E-state index >= 15 is 0 Å². The molecule has 0 aliphatic carbocycles. The minimum atomic E-state index is -3.84. The van der Waals surface area contributed by atoms with Crippen LogP contribution in [0.2, 0.25) is 5.02 Å². The molecule has 0 saturated carbocycles. The highest BCUT2D eigenvalue weighted by molar-refractivity contribution is 7.92. The monoisotopic (exact) mass is 373 g/mol. The van der Waals surface area contributed by atoms with Crippen molar-refractivity contribution in [3.8, 4) is 16.9 Å². The van der Waals surface area contributed by atoms with Gasteiger partial charge >= 0.3 is 0 Å². The molecule has 0 spiro atoms. The summed E-state index contributed by atoms with van der Waals surface area (Å²) in [4.78, 5) is 0.0299. The van der Waals surface area contributed by atoms with Crippen LogP contribution in [0.4, 0.5) is 5.69 Å². The molecule has 6 heteroatoms. The maximum atomic E-state index is 12.8. The van der Waals surface area contributed by atoms with Crippen LogP contribution in [0.25, 0.3) is 11.1 Å². The fourth-order valence-electron chi connectivity index (χ4n) is 2.50. The number of ether oxygens (including phenoxy) is 1. The van der Waals surface area contributed by atoms with Crippen molar-refractivity contribution in [1.29, 1.82) is 0 Å². The predicted molar refractivity (Wildman–Crippen MR) is 101 cm³/mol. The molecule has 0 unspecified atom stereocenters. The standard InChI is InChI=1S/C19H16ClNO3S/c1-24-18-13-15(20)11-12-19(18)25(22,23)21-17-10-6-5-9-16(17)14-7-3-2-4-8-14/h2-13,21H,1H3. The van der Waals surface area contributed by atoms with E-state index < -0.39 is 10.0 Å². The van der Waals surface area contributed by atoms with Crippen LogP contribution >= 0.6 is 11.6 Å². The number of nitrogens with one attached hydrogen (secondary N) is 1. The molecule has 0 aliphatic rings. The number of halogens is 1. The second-order valence-electron chi connectivity index (χ2n) is 5.31. The molecule has 25 heavy (non-hydrogen) atoms. The van der Waals surface area contributed by atoms with E-state index in [2.05, 4.69) is 4.72 Å². The fraction of sp³-hybridized carbons (Fsp3) is 0.0526. The number of hydrogen-bond donors (Lipinski definition) is 1. The van der Waals surface area contributed by atoms with Crippen LogP contribution in [-0.2, 0) is 10.0 Å². The Labute approximate surface area is 152 Å². The molecule has 1 N–H and O–H groups in total. The normalized spacial score (nSPS) is 11.1. The molecule has 0 bridgehead atoms. The quantitative estimate of drug-likeness (QED) is 0.697. The second kappa shape index (κ2) is 7.17. The lowest BCUT2D eigenvalue weighted by Gasteiger charge is -2.15. The van der Waals surface area contributed by atoms with Crippen LogP contribution in [0.1, 0.15) is 0 Å². The lowest BCUT2D eigenvalue weighted by Crippen LogP contribution is -2.14. The lowest BCUT2D eigenvalue weighted by molar-refractivity contribution is 0.403. The summed E-state index contributed by atoms with van der Waals surface area (Å²) in [5.41, 5.74) is 2.20. The molecule has 0 fully saturated rings. The van der Waals surface area contributed by atoms with Crippen molar-refractivity contribution < 1.29 is 13.2 Å². The van der Waals surface area contributed by atoms with Crippen molar-refractivity contribution >= 4 is 27.3 Å². The molecule has 0 radical (unpaired) electrons. The first-order chi connectivity index (χ1) is 12.0. The maximum absolute atomic E-state index is 12.8. The summed E-state index contributed by atoms with van der Waals surface area (Å²) in [6.07, 6.45) is 0. The largest absolute Gasteiger partial charge is 0.495 e. The van der Waals surface area contributed by atoms with E-state index in [0.29, 0.717) is 10.7 Å². The van der Waals surface area contributed by atoms with Crippen LogP contribution in [0.15, 0.2) is 77.7 Å². The van der Waals surface area contributed by atoms with E-state index in [1.807, 2.05) is 42.5 Å². The third kappa shape index (κ3) is 3.78. The Kier molecular flexibility index (Phi) is 4.97. The average molecular weight is 374 g/mol. The Morgan fingerprint density at radius 3 is 2.32 bits per heavy atom. The molecule has 0 atom stereocenters. The van der Waals surface area contributed by atoms with E-state index in [1.54, 1.807) is 12.1 Å². The van der Waals surface area contributed by atoms with Gasteiger partial charge in [-0.3, -0.25) is 4.72 Å². The summed E-state index contributed by atoms with van der Waals surface area (Å²) in [5.74, 6) is 0.192. The van der Waals surface area contributed by atoms with Crippen molar-refractivity contribution in [3.63, 3.8) is 0 Å². The summed E-state index contributed by atoms with van der Waals surface area (Å²) in [7, 11) is -2.43. The molecule has 0 heterocycles. The number of benzene rings is 3. The smallest absolute Gasteiger partial charge is 0.265 e. The Hall–Kier alpha value is -2.50. The summed E-state index contributed by atoms with van der Waals surface area (Å²) >= 11 is 5.92. The Bertz CT molecular complexity index is 989. The van der Waals surface area contributed by atoms with Crippen molar-refractivity contribution in [3.05, 3.63) is 77.8 Å². The molecule has 4 nitrogen and oxygen atoms in total. The zero-order valence-electron chi connectivity index (χ0n) is 13.4.